The minimum atomic E-state index is -3.81. The van der Waals surface area contributed by atoms with Gasteiger partial charge in [-0.25, -0.2) is 8.42 Å². The first-order valence-corrected chi connectivity index (χ1v) is 11.1. The second-order valence-corrected chi connectivity index (χ2v) is 8.80. The topological polar surface area (TPSA) is 122 Å². The van der Waals surface area contributed by atoms with E-state index in [9.17, 15) is 23.3 Å². The Morgan fingerprint density at radius 3 is 2.41 bits per heavy atom. The molecular formula is C22H22N4O5S. The van der Waals surface area contributed by atoms with Gasteiger partial charge in [0.15, 0.2) is 0 Å². The molecule has 0 radical (unpaired) electrons. The zero-order valence-electron chi connectivity index (χ0n) is 17.3. The number of hydrogen-bond donors (Lipinski definition) is 2. The van der Waals surface area contributed by atoms with Gasteiger partial charge in [0.25, 0.3) is 15.7 Å². The first-order chi connectivity index (χ1) is 15.3. The number of nitro benzene ring substituents is 1. The van der Waals surface area contributed by atoms with Crippen LogP contribution in [-0.2, 0) is 14.8 Å². The normalized spacial score (nSPS) is 10.9. The minimum absolute atomic E-state index is 0.0347. The molecule has 0 saturated heterocycles. The van der Waals surface area contributed by atoms with Crippen LogP contribution in [0.4, 0.5) is 22.7 Å². The van der Waals surface area contributed by atoms with Crippen LogP contribution >= 0.6 is 0 Å². The fourth-order valence-electron chi connectivity index (χ4n) is 2.99. The van der Waals surface area contributed by atoms with Crippen LogP contribution in [0.3, 0.4) is 0 Å². The summed E-state index contributed by atoms with van der Waals surface area (Å²) in [7, 11) is -2.35. The lowest BCUT2D eigenvalue weighted by molar-refractivity contribution is -0.384. The Kier molecular flexibility index (Phi) is 7.06. The fourth-order valence-corrected chi connectivity index (χ4v) is 4.23. The van der Waals surface area contributed by atoms with E-state index in [1.807, 2.05) is 0 Å². The number of benzene rings is 3. The molecule has 10 heteroatoms. The summed E-state index contributed by atoms with van der Waals surface area (Å²) in [4.78, 5) is 22.9. The Bertz CT molecular complexity index is 1220. The Morgan fingerprint density at radius 2 is 1.69 bits per heavy atom. The lowest BCUT2D eigenvalue weighted by Gasteiger charge is -2.20. The van der Waals surface area contributed by atoms with Crippen molar-refractivity contribution in [1.29, 1.82) is 0 Å². The summed E-state index contributed by atoms with van der Waals surface area (Å²) in [5.74, 6) is -0.359. The number of nitro groups is 1. The number of para-hydroxylation sites is 3. The van der Waals surface area contributed by atoms with Crippen LogP contribution in [0.1, 0.15) is 6.42 Å². The molecule has 0 aliphatic heterocycles. The maximum Gasteiger partial charge on any atom is 0.292 e. The van der Waals surface area contributed by atoms with E-state index in [1.165, 1.54) is 29.6 Å². The standard InChI is InChI=1S/C22H22N4O5S/c1-25(18-9-3-2-4-10-18)32(30,31)19-11-7-8-17(16-19)24-22(27)14-15-23-20-12-5-6-13-21(20)26(28)29/h2-13,16,23H,14-15H2,1H3,(H,24,27). The summed E-state index contributed by atoms with van der Waals surface area (Å²) >= 11 is 0. The largest absolute Gasteiger partial charge is 0.379 e. The van der Waals surface area contributed by atoms with Crippen molar-refractivity contribution in [3.05, 3.63) is 89.0 Å². The highest BCUT2D eigenvalue weighted by Crippen LogP contribution is 2.24. The molecule has 3 aromatic carbocycles. The molecule has 0 unspecified atom stereocenters. The van der Waals surface area contributed by atoms with Gasteiger partial charge in [0.2, 0.25) is 5.91 Å². The molecular weight excluding hydrogens is 432 g/mol. The molecule has 0 aromatic heterocycles. The van der Waals surface area contributed by atoms with Gasteiger partial charge in [-0.1, -0.05) is 36.4 Å². The summed E-state index contributed by atoms with van der Waals surface area (Å²) in [6.07, 6.45) is 0.0347. The highest BCUT2D eigenvalue weighted by molar-refractivity contribution is 7.92. The monoisotopic (exact) mass is 454 g/mol. The molecule has 0 bridgehead atoms. The van der Waals surface area contributed by atoms with Gasteiger partial charge in [0.1, 0.15) is 5.69 Å². The van der Waals surface area contributed by atoms with Crippen molar-refractivity contribution in [2.75, 3.05) is 28.5 Å². The lowest BCUT2D eigenvalue weighted by atomic mass is 10.2. The quantitative estimate of drug-likeness (QED) is 0.374. The maximum absolute atomic E-state index is 12.9. The van der Waals surface area contributed by atoms with E-state index in [0.29, 0.717) is 17.1 Å². The van der Waals surface area contributed by atoms with Crippen molar-refractivity contribution in [3.63, 3.8) is 0 Å². The van der Waals surface area contributed by atoms with Crippen LogP contribution in [0.15, 0.2) is 83.8 Å². The van der Waals surface area contributed by atoms with Crippen molar-refractivity contribution in [2.24, 2.45) is 0 Å². The summed E-state index contributed by atoms with van der Waals surface area (Å²) in [6, 6.07) is 20.8. The smallest absolute Gasteiger partial charge is 0.292 e. The average molecular weight is 455 g/mol. The molecule has 3 rings (SSSR count). The molecule has 0 aliphatic rings. The number of anilines is 3. The van der Waals surface area contributed by atoms with Crippen LogP contribution in [0, 0.1) is 10.1 Å². The minimum Gasteiger partial charge on any atom is -0.379 e. The van der Waals surface area contributed by atoms with Crippen molar-refractivity contribution >= 4 is 38.7 Å². The number of carbonyl (C=O) groups is 1. The van der Waals surface area contributed by atoms with Crippen LogP contribution < -0.4 is 14.9 Å². The van der Waals surface area contributed by atoms with Gasteiger partial charge in [0, 0.05) is 31.8 Å². The predicted molar refractivity (Wildman–Crippen MR) is 123 cm³/mol. The van der Waals surface area contributed by atoms with Gasteiger partial charge >= 0.3 is 0 Å². The van der Waals surface area contributed by atoms with Crippen LogP contribution in [-0.4, -0.2) is 32.8 Å². The summed E-state index contributed by atoms with van der Waals surface area (Å²) in [5.41, 5.74) is 1.10. The Balaban J connectivity index is 1.63. The number of sulfonamides is 1. The van der Waals surface area contributed by atoms with Crippen LogP contribution in [0.5, 0.6) is 0 Å². The lowest BCUT2D eigenvalue weighted by Crippen LogP contribution is -2.26. The summed E-state index contributed by atoms with van der Waals surface area (Å²) < 4.78 is 27.0. The highest BCUT2D eigenvalue weighted by Gasteiger charge is 2.21. The number of nitrogens with one attached hydrogen (secondary N) is 2. The van der Waals surface area contributed by atoms with Crippen molar-refractivity contribution in [2.45, 2.75) is 11.3 Å². The van der Waals surface area contributed by atoms with E-state index in [1.54, 1.807) is 60.7 Å². The molecule has 166 valence electrons. The number of amides is 1. The van der Waals surface area contributed by atoms with E-state index < -0.39 is 14.9 Å². The third-order valence-electron chi connectivity index (χ3n) is 4.66. The first kappa shape index (κ1) is 22.8. The number of rotatable bonds is 9. The average Bonchev–Trinajstić information content (AvgIpc) is 2.79. The third kappa shape index (κ3) is 5.41. The van der Waals surface area contributed by atoms with Gasteiger partial charge in [-0.2, -0.15) is 0 Å². The van der Waals surface area contributed by atoms with Crippen molar-refractivity contribution in [3.8, 4) is 0 Å². The molecule has 0 spiro atoms. The molecule has 0 fully saturated rings. The molecule has 3 aromatic rings. The van der Waals surface area contributed by atoms with E-state index in [0.717, 1.165) is 0 Å². The second kappa shape index (κ2) is 9.92. The number of carbonyl (C=O) groups excluding carboxylic acids is 1. The molecule has 0 atom stereocenters. The zero-order chi connectivity index (χ0) is 23.1. The Morgan fingerprint density at radius 1 is 1.00 bits per heavy atom. The second-order valence-electron chi connectivity index (χ2n) is 6.84. The van der Waals surface area contributed by atoms with Gasteiger partial charge in [-0.3, -0.25) is 19.2 Å². The summed E-state index contributed by atoms with van der Waals surface area (Å²) in [5, 5.41) is 16.6. The molecule has 32 heavy (non-hydrogen) atoms. The van der Waals surface area contributed by atoms with Gasteiger partial charge in [-0.05, 0) is 36.4 Å². The molecule has 0 aliphatic carbocycles. The van der Waals surface area contributed by atoms with Crippen molar-refractivity contribution < 1.29 is 18.1 Å². The molecule has 0 saturated carbocycles. The van der Waals surface area contributed by atoms with E-state index >= 15 is 0 Å². The maximum atomic E-state index is 12.9. The number of nitrogens with zero attached hydrogens (tertiary/aromatic N) is 2. The fraction of sp³-hybridized carbons (Fsp3) is 0.136. The number of hydrogen-bond acceptors (Lipinski definition) is 6. The SMILES string of the molecule is CN(c1ccccc1)S(=O)(=O)c1cccc(NC(=O)CCNc2ccccc2[N+](=O)[O-])c1. The van der Waals surface area contributed by atoms with Gasteiger partial charge < -0.3 is 10.6 Å². The van der Waals surface area contributed by atoms with Crippen LogP contribution in [0.25, 0.3) is 0 Å². The van der Waals surface area contributed by atoms with Crippen LogP contribution in [0.2, 0.25) is 0 Å². The first-order valence-electron chi connectivity index (χ1n) is 9.70. The molecule has 1 amide bonds. The predicted octanol–water partition coefficient (Wildman–Crippen LogP) is 3.86. The van der Waals surface area contributed by atoms with Gasteiger partial charge in [0.05, 0.1) is 15.5 Å². The molecule has 0 heterocycles. The Hall–Kier alpha value is -3.92. The van der Waals surface area contributed by atoms with E-state index in [-0.39, 0.29) is 29.5 Å². The molecule has 2 N–H and O–H groups in total. The molecule has 9 nitrogen and oxygen atoms in total. The van der Waals surface area contributed by atoms with E-state index in [2.05, 4.69) is 10.6 Å². The summed E-state index contributed by atoms with van der Waals surface area (Å²) in [6.45, 7) is 0.172. The zero-order valence-corrected chi connectivity index (χ0v) is 18.1. The van der Waals surface area contributed by atoms with Gasteiger partial charge in [-0.15, -0.1) is 0 Å². The third-order valence-corrected chi connectivity index (χ3v) is 6.45. The Labute approximate surface area is 185 Å². The van der Waals surface area contributed by atoms with E-state index in [4.69, 9.17) is 0 Å². The highest BCUT2D eigenvalue weighted by atomic mass is 32.2. The van der Waals surface area contributed by atoms with Crippen molar-refractivity contribution in [1.82, 2.24) is 0 Å².